The number of anilines is 1. The van der Waals surface area contributed by atoms with Crippen molar-refractivity contribution in [1.82, 2.24) is 0 Å². The van der Waals surface area contributed by atoms with Crippen LogP contribution in [0.5, 0.6) is 0 Å². The van der Waals surface area contributed by atoms with Crippen LogP contribution < -0.4 is 5.32 Å². The van der Waals surface area contributed by atoms with Gasteiger partial charge in [-0.1, -0.05) is 72.3 Å². The van der Waals surface area contributed by atoms with Crippen molar-refractivity contribution < 1.29 is 4.79 Å². The lowest BCUT2D eigenvalue weighted by atomic mass is 10.0. The van der Waals surface area contributed by atoms with Gasteiger partial charge < -0.3 is 5.32 Å². The molecule has 0 unspecified atom stereocenters. The van der Waals surface area contributed by atoms with E-state index in [0.717, 1.165) is 16.7 Å². The van der Waals surface area contributed by atoms with E-state index in [9.17, 15) is 4.79 Å². The molecular formula is C22H15ClN2O. The fourth-order valence-electron chi connectivity index (χ4n) is 2.86. The van der Waals surface area contributed by atoms with Crippen molar-refractivity contribution in [2.24, 2.45) is 4.99 Å². The van der Waals surface area contributed by atoms with Gasteiger partial charge in [0.25, 0.3) is 5.91 Å². The Balaban J connectivity index is 1.93. The molecule has 0 saturated carbocycles. The largest absolute Gasteiger partial charge is 0.320 e. The van der Waals surface area contributed by atoms with E-state index >= 15 is 0 Å². The Hall–Kier alpha value is -3.17. The SMILES string of the molecule is O=C1Nc2ccc(Cl)cc2C(c2ccccc2)=NC1=Cc1ccccc1. The van der Waals surface area contributed by atoms with Crippen molar-refractivity contribution in [3.8, 4) is 0 Å². The maximum absolute atomic E-state index is 12.7. The van der Waals surface area contributed by atoms with Gasteiger partial charge in [0.1, 0.15) is 5.70 Å². The van der Waals surface area contributed by atoms with Crippen LogP contribution in [0.1, 0.15) is 16.7 Å². The predicted molar refractivity (Wildman–Crippen MR) is 107 cm³/mol. The summed E-state index contributed by atoms with van der Waals surface area (Å²) in [4.78, 5) is 17.4. The van der Waals surface area contributed by atoms with Gasteiger partial charge in [0, 0.05) is 16.1 Å². The van der Waals surface area contributed by atoms with Crippen LogP contribution in [0.2, 0.25) is 5.02 Å². The molecule has 0 atom stereocenters. The van der Waals surface area contributed by atoms with Crippen molar-refractivity contribution in [3.63, 3.8) is 0 Å². The number of benzene rings is 3. The van der Waals surface area contributed by atoms with E-state index in [1.54, 1.807) is 18.2 Å². The lowest BCUT2D eigenvalue weighted by molar-refractivity contribution is -0.112. The van der Waals surface area contributed by atoms with Gasteiger partial charge in [-0.25, -0.2) is 4.99 Å². The summed E-state index contributed by atoms with van der Waals surface area (Å²) < 4.78 is 0. The summed E-state index contributed by atoms with van der Waals surface area (Å²) in [6.07, 6.45) is 1.78. The fraction of sp³-hybridized carbons (Fsp3) is 0. The molecule has 0 saturated heterocycles. The van der Waals surface area contributed by atoms with Gasteiger partial charge in [-0.3, -0.25) is 4.79 Å². The molecule has 4 heteroatoms. The molecule has 26 heavy (non-hydrogen) atoms. The van der Waals surface area contributed by atoms with Gasteiger partial charge in [0.2, 0.25) is 0 Å². The molecule has 1 aliphatic heterocycles. The van der Waals surface area contributed by atoms with Crippen LogP contribution in [-0.4, -0.2) is 11.6 Å². The molecule has 1 amide bonds. The predicted octanol–water partition coefficient (Wildman–Crippen LogP) is 5.17. The zero-order valence-electron chi connectivity index (χ0n) is 13.8. The zero-order valence-corrected chi connectivity index (χ0v) is 14.6. The lowest BCUT2D eigenvalue weighted by Crippen LogP contribution is -2.12. The molecule has 0 radical (unpaired) electrons. The second-order valence-electron chi connectivity index (χ2n) is 5.91. The first kappa shape index (κ1) is 16.3. The number of hydrogen-bond donors (Lipinski definition) is 1. The van der Waals surface area contributed by atoms with Crippen molar-refractivity contribution in [1.29, 1.82) is 0 Å². The minimum absolute atomic E-state index is 0.247. The molecule has 3 nitrogen and oxygen atoms in total. The van der Waals surface area contributed by atoms with Crippen LogP contribution in [0.15, 0.2) is 89.6 Å². The van der Waals surface area contributed by atoms with Crippen LogP contribution in [0.3, 0.4) is 0 Å². The van der Waals surface area contributed by atoms with E-state index in [2.05, 4.69) is 5.32 Å². The Kier molecular flexibility index (Phi) is 4.38. The second-order valence-corrected chi connectivity index (χ2v) is 6.35. The lowest BCUT2D eigenvalue weighted by Gasteiger charge is -2.10. The van der Waals surface area contributed by atoms with E-state index in [-0.39, 0.29) is 5.91 Å². The quantitative estimate of drug-likeness (QED) is 0.631. The molecule has 4 rings (SSSR count). The summed E-state index contributed by atoms with van der Waals surface area (Å²) in [5.41, 5.74) is 4.39. The van der Waals surface area contributed by atoms with Gasteiger partial charge >= 0.3 is 0 Å². The minimum Gasteiger partial charge on any atom is -0.320 e. The Bertz CT molecular complexity index is 1020. The summed E-state index contributed by atoms with van der Waals surface area (Å²) in [7, 11) is 0. The number of amides is 1. The second kappa shape index (κ2) is 6.98. The summed E-state index contributed by atoms with van der Waals surface area (Å²) in [5.74, 6) is -0.247. The number of carbonyl (C=O) groups is 1. The summed E-state index contributed by atoms with van der Waals surface area (Å²) in [6.45, 7) is 0. The van der Waals surface area contributed by atoms with Crippen molar-refractivity contribution in [2.45, 2.75) is 0 Å². The third kappa shape index (κ3) is 3.30. The van der Waals surface area contributed by atoms with Gasteiger partial charge in [0.15, 0.2) is 0 Å². The van der Waals surface area contributed by atoms with E-state index in [1.165, 1.54) is 0 Å². The van der Waals surface area contributed by atoms with E-state index < -0.39 is 0 Å². The van der Waals surface area contributed by atoms with E-state index in [4.69, 9.17) is 16.6 Å². The fourth-order valence-corrected chi connectivity index (χ4v) is 3.03. The number of nitrogens with zero attached hydrogens (tertiary/aromatic N) is 1. The number of halogens is 1. The summed E-state index contributed by atoms with van der Waals surface area (Å²) in [5, 5.41) is 3.53. The molecule has 0 aromatic heterocycles. The van der Waals surface area contributed by atoms with E-state index in [0.29, 0.717) is 22.1 Å². The summed E-state index contributed by atoms with van der Waals surface area (Å²) >= 11 is 6.20. The molecule has 0 spiro atoms. The standard InChI is InChI=1S/C22H15ClN2O/c23-17-11-12-19-18(14-17)21(16-9-5-2-6-10-16)24-20(22(26)25-19)13-15-7-3-1-4-8-15/h1-14H,(H,25,26). The number of fused-ring (bicyclic) bond motifs is 1. The van der Waals surface area contributed by atoms with Crippen molar-refractivity contribution in [3.05, 3.63) is 106 Å². The molecule has 3 aromatic rings. The van der Waals surface area contributed by atoms with Crippen LogP contribution in [0.25, 0.3) is 6.08 Å². The number of nitrogens with one attached hydrogen (secondary N) is 1. The molecule has 1 N–H and O–H groups in total. The van der Waals surface area contributed by atoms with Crippen LogP contribution in [0, 0.1) is 0 Å². The first-order valence-electron chi connectivity index (χ1n) is 8.23. The molecule has 3 aromatic carbocycles. The van der Waals surface area contributed by atoms with Gasteiger partial charge in [-0.2, -0.15) is 0 Å². The normalized spacial score (nSPS) is 15.0. The third-order valence-corrected chi connectivity index (χ3v) is 4.34. The Morgan fingerprint density at radius 3 is 2.31 bits per heavy atom. The topological polar surface area (TPSA) is 41.5 Å². The maximum atomic E-state index is 12.7. The van der Waals surface area contributed by atoms with Crippen LogP contribution in [-0.2, 0) is 4.79 Å². The van der Waals surface area contributed by atoms with Gasteiger partial charge in [0.05, 0.1) is 11.4 Å². The molecular weight excluding hydrogens is 344 g/mol. The number of rotatable bonds is 2. The van der Waals surface area contributed by atoms with Gasteiger partial charge in [-0.15, -0.1) is 0 Å². The maximum Gasteiger partial charge on any atom is 0.274 e. The average molecular weight is 359 g/mol. The smallest absolute Gasteiger partial charge is 0.274 e. The summed E-state index contributed by atoms with van der Waals surface area (Å²) in [6, 6.07) is 24.8. The highest BCUT2D eigenvalue weighted by Crippen LogP contribution is 2.28. The number of benzodiazepines with no additional fused rings is 1. The Labute approximate surface area is 156 Å². The molecule has 126 valence electrons. The average Bonchev–Trinajstić information content (AvgIpc) is 2.80. The highest BCUT2D eigenvalue weighted by Gasteiger charge is 2.21. The van der Waals surface area contributed by atoms with Crippen molar-refractivity contribution >= 4 is 35.0 Å². The Morgan fingerprint density at radius 2 is 1.58 bits per heavy atom. The number of hydrogen-bond acceptors (Lipinski definition) is 2. The molecule has 0 fully saturated rings. The third-order valence-electron chi connectivity index (χ3n) is 4.10. The highest BCUT2D eigenvalue weighted by molar-refractivity contribution is 6.32. The molecule has 0 aliphatic carbocycles. The Morgan fingerprint density at radius 1 is 0.885 bits per heavy atom. The number of carbonyl (C=O) groups excluding carboxylic acids is 1. The first-order chi connectivity index (χ1) is 12.7. The highest BCUT2D eigenvalue weighted by atomic mass is 35.5. The van der Waals surface area contributed by atoms with E-state index in [1.807, 2.05) is 66.7 Å². The number of aliphatic imine (C=N–C) groups is 1. The first-order valence-corrected chi connectivity index (χ1v) is 8.61. The van der Waals surface area contributed by atoms with Crippen LogP contribution >= 0.6 is 11.6 Å². The molecule has 0 bridgehead atoms. The van der Waals surface area contributed by atoms with Crippen molar-refractivity contribution in [2.75, 3.05) is 5.32 Å². The monoisotopic (exact) mass is 358 g/mol. The van der Waals surface area contributed by atoms with Gasteiger partial charge in [-0.05, 0) is 29.8 Å². The minimum atomic E-state index is -0.247. The zero-order chi connectivity index (χ0) is 17.9. The molecule has 1 heterocycles. The van der Waals surface area contributed by atoms with Crippen LogP contribution in [0.4, 0.5) is 5.69 Å². The molecule has 1 aliphatic rings.